The summed E-state index contributed by atoms with van der Waals surface area (Å²) >= 11 is 0. The SMILES string of the molecule is CC1=C2CC[C@@H]3[C@H](C(=O)C[C@]4(C)[C@@H]([C@@H](C)CC/C=C(\C)C(=O)O)[C@H](O)C[C@@]34C)[C@@H]2CCC1=O. The van der Waals surface area contributed by atoms with Crippen molar-refractivity contribution in [2.24, 2.45) is 40.4 Å². The van der Waals surface area contributed by atoms with Crippen LogP contribution in [-0.4, -0.2) is 33.9 Å². The van der Waals surface area contributed by atoms with Crippen LogP contribution in [0, 0.1) is 40.4 Å². The van der Waals surface area contributed by atoms with E-state index in [0.717, 1.165) is 37.7 Å². The molecule has 0 saturated heterocycles. The highest BCUT2D eigenvalue weighted by Crippen LogP contribution is 2.70. The molecule has 0 aliphatic heterocycles. The van der Waals surface area contributed by atoms with Gasteiger partial charge in [-0.05, 0) is 92.4 Å². The Labute approximate surface area is 197 Å². The number of carboxylic acid groups (broad SMARTS) is 1. The average molecular weight is 457 g/mol. The van der Waals surface area contributed by atoms with E-state index in [-0.39, 0.29) is 46.2 Å². The topological polar surface area (TPSA) is 91.7 Å². The lowest BCUT2D eigenvalue weighted by atomic mass is 9.44. The molecule has 3 fully saturated rings. The fraction of sp³-hybridized carbons (Fsp3) is 0.750. The minimum Gasteiger partial charge on any atom is -0.478 e. The van der Waals surface area contributed by atoms with Crippen LogP contribution in [0.4, 0.5) is 0 Å². The van der Waals surface area contributed by atoms with E-state index in [1.54, 1.807) is 13.0 Å². The molecule has 0 spiro atoms. The number of aliphatic hydroxyl groups is 1. The number of carboxylic acids is 1. The summed E-state index contributed by atoms with van der Waals surface area (Å²) in [6.45, 7) is 10.3. The van der Waals surface area contributed by atoms with E-state index in [1.807, 2.05) is 6.92 Å². The third-order valence-electron chi connectivity index (χ3n) is 10.5. The van der Waals surface area contributed by atoms with Gasteiger partial charge in [0.25, 0.3) is 0 Å². The second kappa shape index (κ2) is 8.48. The molecule has 33 heavy (non-hydrogen) atoms. The summed E-state index contributed by atoms with van der Waals surface area (Å²) in [6, 6.07) is 0. The van der Waals surface area contributed by atoms with Gasteiger partial charge in [0, 0.05) is 24.3 Å². The Morgan fingerprint density at radius 3 is 2.55 bits per heavy atom. The van der Waals surface area contributed by atoms with Crippen LogP contribution < -0.4 is 0 Å². The van der Waals surface area contributed by atoms with E-state index < -0.39 is 12.1 Å². The lowest BCUT2D eigenvalue weighted by Gasteiger charge is -2.59. The van der Waals surface area contributed by atoms with Gasteiger partial charge in [-0.15, -0.1) is 0 Å². The lowest BCUT2D eigenvalue weighted by Crippen LogP contribution is -2.57. The second-order valence-corrected chi connectivity index (χ2v) is 11.9. The molecule has 0 aromatic rings. The van der Waals surface area contributed by atoms with Crippen LogP contribution >= 0.6 is 0 Å². The Hall–Kier alpha value is -1.75. The standard InChI is InChI=1S/C28H40O5/c1-15(7-6-8-16(2)26(32)33)25-23(31)14-27(4)20-11-9-18-17(3)21(29)12-10-19(18)24(20)22(30)13-28(25,27)5/h8,15,19-20,23-25,31H,6-7,9-14H2,1-5H3,(H,32,33)/b16-8+/t15-,19+,20+,23+,24+,25-,27-,28+/m0/s1. The highest BCUT2D eigenvalue weighted by molar-refractivity contribution is 5.97. The number of hydrogen-bond acceptors (Lipinski definition) is 4. The van der Waals surface area contributed by atoms with Crippen LogP contribution in [0.5, 0.6) is 0 Å². The predicted octanol–water partition coefficient (Wildman–Crippen LogP) is 5.12. The van der Waals surface area contributed by atoms with Crippen molar-refractivity contribution in [2.45, 2.75) is 92.1 Å². The molecule has 4 aliphatic carbocycles. The van der Waals surface area contributed by atoms with Gasteiger partial charge in [0.15, 0.2) is 5.78 Å². The Morgan fingerprint density at radius 2 is 1.88 bits per heavy atom. The minimum absolute atomic E-state index is 0.0164. The second-order valence-electron chi connectivity index (χ2n) is 11.9. The molecule has 2 N–H and O–H groups in total. The number of allylic oxidation sites excluding steroid dienone is 2. The van der Waals surface area contributed by atoms with E-state index in [1.165, 1.54) is 5.57 Å². The summed E-state index contributed by atoms with van der Waals surface area (Å²) in [5.41, 5.74) is 2.11. The zero-order valence-corrected chi connectivity index (χ0v) is 20.8. The summed E-state index contributed by atoms with van der Waals surface area (Å²) in [4.78, 5) is 37.2. The number of rotatable bonds is 5. The first kappa shape index (κ1) is 24.4. The van der Waals surface area contributed by atoms with Crippen molar-refractivity contribution in [1.29, 1.82) is 0 Å². The Kier molecular flexibility index (Phi) is 6.26. The van der Waals surface area contributed by atoms with Crippen LogP contribution in [-0.2, 0) is 14.4 Å². The van der Waals surface area contributed by atoms with Crippen molar-refractivity contribution in [2.75, 3.05) is 0 Å². The van der Waals surface area contributed by atoms with Gasteiger partial charge < -0.3 is 10.2 Å². The number of aliphatic carboxylic acids is 1. The number of aliphatic hydroxyl groups excluding tert-OH is 1. The third-order valence-corrected chi connectivity index (χ3v) is 10.5. The van der Waals surface area contributed by atoms with Crippen molar-refractivity contribution in [3.8, 4) is 0 Å². The molecule has 182 valence electrons. The van der Waals surface area contributed by atoms with Crippen molar-refractivity contribution < 1.29 is 24.6 Å². The van der Waals surface area contributed by atoms with E-state index in [4.69, 9.17) is 5.11 Å². The maximum absolute atomic E-state index is 13.8. The van der Waals surface area contributed by atoms with Gasteiger partial charge in [-0.25, -0.2) is 4.79 Å². The van der Waals surface area contributed by atoms with E-state index in [9.17, 15) is 19.5 Å². The molecule has 0 unspecified atom stereocenters. The first-order chi connectivity index (χ1) is 15.4. The quantitative estimate of drug-likeness (QED) is 0.560. The molecular weight excluding hydrogens is 416 g/mol. The molecule has 5 nitrogen and oxygen atoms in total. The summed E-state index contributed by atoms with van der Waals surface area (Å²) in [6.07, 6.45) is 7.18. The monoisotopic (exact) mass is 456 g/mol. The fourth-order valence-corrected chi connectivity index (χ4v) is 8.62. The van der Waals surface area contributed by atoms with Crippen molar-refractivity contribution in [3.63, 3.8) is 0 Å². The van der Waals surface area contributed by atoms with E-state index in [0.29, 0.717) is 30.6 Å². The first-order valence-electron chi connectivity index (χ1n) is 12.8. The molecule has 0 radical (unpaired) electrons. The highest BCUT2D eigenvalue weighted by atomic mass is 16.4. The molecule has 0 aromatic heterocycles. The maximum Gasteiger partial charge on any atom is 0.330 e. The van der Waals surface area contributed by atoms with Crippen LogP contribution in [0.25, 0.3) is 0 Å². The number of Topliss-reactive ketones (excluding diaryl/α,β-unsaturated/α-hetero) is 2. The summed E-state index contributed by atoms with van der Waals surface area (Å²) < 4.78 is 0. The van der Waals surface area contributed by atoms with Crippen molar-refractivity contribution in [3.05, 3.63) is 22.8 Å². The van der Waals surface area contributed by atoms with Crippen molar-refractivity contribution >= 4 is 17.5 Å². The van der Waals surface area contributed by atoms with Gasteiger partial charge in [0.1, 0.15) is 5.78 Å². The molecule has 3 saturated carbocycles. The van der Waals surface area contributed by atoms with Crippen LogP contribution in [0.1, 0.15) is 86.0 Å². The molecular formula is C28H40O5. The molecule has 4 aliphatic rings. The molecule has 4 rings (SSSR count). The maximum atomic E-state index is 13.8. The summed E-state index contributed by atoms with van der Waals surface area (Å²) in [7, 11) is 0. The van der Waals surface area contributed by atoms with Gasteiger partial charge in [-0.1, -0.05) is 32.4 Å². The Balaban J connectivity index is 1.61. The Morgan fingerprint density at radius 1 is 1.18 bits per heavy atom. The van der Waals surface area contributed by atoms with E-state index >= 15 is 0 Å². The summed E-state index contributed by atoms with van der Waals surface area (Å²) in [5.74, 6) is 0.344. The molecule has 5 heteroatoms. The molecule has 8 atom stereocenters. The number of fused-ring (bicyclic) bond motifs is 5. The smallest absolute Gasteiger partial charge is 0.330 e. The molecule has 0 bridgehead atoms. The van der Waals surface area contributed by atoms with Gasteiger partial charge in [-0.3, -0.25) is 9.59 Å². The number of carbonyl (C=O) groups is 3. The molecule has 0 heterocycles. The Bertz CT molecular complexity index is 929. The zero-order valence-electron chi connectivity index (χ0n) is 20.8. The number of carbonyl (C=O) groups excluding carboxylic acids is 2. The lowest BCUT2D eigenvalue weighted by molar-refractivity contribution is -0.154. The zero-order chi connectivity index (χ0) is 24.3. The first-order valence-corrected chi connectivity index (χ1v) is 12.8. The average Bonchev–Trinajstić information content (AvgIpc) is 2.95. The number of hydrogen-bond donors (Lipinski definition) is 2. The van der Waals surface area contributed by atoms with Crippen molar-refractivity contribution in [1.82, 2.24) is 0 Å². The third kappa shape index (κ3) is 3.66. The van der Waals surface area contributed by atoms with Crippen LogP contribution in [0.15, 0.2) is 22.8 Å². The van der Waals surface area contributed by atoms with Gasteiger partial charge >= 0.3 is 5.97 Å². The molecule has 0 amide bonds. The van der Waals surface area contributed by atoms with Gasteiger partial charge in [0.05, 0.1) is 6.10 Å². The molecule has 0 aromatic carbocycles. The normalized spacial score (nSPS) is 42.0. The summed E-state index contributed by atoms with van der Waals surface area (Å²) in [5, 5.41) is 20.4. The minimum atomic E-state index is -0.891. The van der Waals surface area contributed by atoms with E-state index in [2.05, 4.69) is 20.8 Å². The van der Waals surface area contributed by atoms with Crippen LogP contribution in [0.2, 0.25) is 0 Å². The number of ketones is 2. The van der Waals surface area contributed by atoms with Gasteiger partial charge in [0.2, 0.25) is 0 Å². The highest BCUT2D eigenvalue weighted by Gasteiger charge is 2.68. The predicted molar refractivity (Wildman–Crippen MR) is 126 cm³/mol. The largest absolute Gasteiger partial charge is 0.478 e. The van der Waals surface area contributed by atoms with Gasteiger partial charge in [-0.2, -0.15) is 0 Å². The van der Waals surface area contributed by atoms with Crippen LogP contribution in [0.3, 0.4) is 0 Å². The fourth-order valence-electron chi connectivity index (χ4n) is 8.62.